The monoisotopic (exact) mass is 393 g/mol. The summed E-state index contributed by atoms with van der Waals surface area (Å²) in [6.07, 6.45) is 0. The molecule has 1 aromatic heterocycles. The van der Waals surface area contributed by atoms with Crippen molar-refractivity contribution in [3.8, 4) is 0 Å². The first-order valence-corrected chi connectivity index (χ1v) is 8.76. The van der Waals surface area contributed by atoms with Crippen molar-refractivity contribution in [3.05, 3.63) is 38.8 Å². The summed E-state index contributed by atoms with van der Waals surface area (Å²) in [7, 11) is 0. The lowest BCUT2D eigenvalue weighted by Gasteiger charge is -2.40. The van der Waals surface area contributed by atoms with Crippen LogP contribution in [0.4, 0.5) is 5.69 Å². The third-order valence-corrected chi connectivity index (χ3v) is 4.73. The Morgan fingerprint density at radius 1 is 1.04 bits per heavy atom. The quantitative estimate of drug-likeness (QED) is 0.294. The minimum atomic E-state index is -1.28. The van der Waals surface area contributed by atoms with Crippen LogP contribution in [0.5, 0.6) is 0 Å². The van der Waals surface area contributed by atoms with Crippen molar-refractivity contribution in [2.45, 2.75) is 33.9 Å². The Hall–Kier alpha value is -2.92. The van der Waals surface area contributed by atoms with Crippen LogP contribution in [-0.2, 0) is 27.5 Å². The molecule has 2 heterocycles. The van der Waals surface area contributed by atoms with Gasteiger partial charge in [0, 0.05) is 39.1 Å². The number of rotatable bonds is 1. The Kier molecular flexibility index (Phi) is 6.41. The smallest absolute Gasteiger partial charge is 0.310 e. The van der Waals surface area contributed by atoms with Crippen molar-refractivity contribution < 1.29 is 24.0 Å². The Bertz CT molecular complexity index is 813. The van der Waals surface area contributed by atoms with E-state index in [0.29, 0.717) is 0 Å². The second kappa shape index (κ2) is 8.40. The lowest BCUT2D eigenvalue weighted by molar-refractivity contribution is -0.817. The number of aromatic nitrogens is 1. The maximum atomic E-state index is 13.1. The summed E-state index contributed by atoms with van der Waals surface area (Å²) in [5, 5.41) is 24.3. The average molecular weight is 393 g/mol. The van der Waals surface area contributed by atoms with E-state index in [0.717, 1.165) is 13.0 Å². The number of hydrogen-bond acceptors (Lipinski definition) is 7. The van der Waals surface area contributed by atoms with Gasteiger partial charge in [-0.15, -0.1) is 0 Å². The van der Waals surface area contributed by atoms with Crippen LogP contribution in [0.1, 0.15) is 32.2 Å². The molecule has 0 spiro atoms. The molecular formula is C17H23N5O6. The first-order chi connectivity index (χ1) is 13.0. The van der Waals surface area contributed by atoms with E-state index >= 15 is 0 Å². The summed E-state index contributed by atoms with van der Waals surface area (Å²) in [6.45, 7) is 3.61. The Morgan fingerprint density at radius 3 is 2.14 bits per heavy atom. The predicted molar refractivity (Wildman–Crippen MR) is 97.1 cm³/mol. The zero-order valence-electron chi connectivity index (χ0n) is 16.1. The number of fused-ring (bicyclic) bond motifs is 2. The van der Waals surface area contributed by atoms with Crippen LogP contribution in [0.15, 0.2) is 12.1 Å². The Morgan fingerprint density at radius 2 is 1.61 bits per heavy atom. The Labute approximate surface area is 161 Å². The third kappa shape index (κ3) is 5.08. The molecule has 1 aliphatic heterocycles. The molecule has 152 valence electrons. The molecule has 1 aromatic rings. The molecule has 2 rings (SSSR count). The molecule has 11 heteroatoms. The van der Waals surface area contributed by atoms with Gasteiger partial charge in [-0.1, -0.05) is 0 Å². The van der Waals surface area contributed by atoms with Crippen LogP contribution in [0.25, 0.3) is 0 Å². The molecule has 11 nitrogen and oxygen atoms in total. The van der Waals surface area contributed by atoms with E-state index in [1.54, 1.807) is 0 Å². The minimum absolute atomic E-state index is 0.00527. The van der Waals surface area contributed by atoms with Gasteiger partial charge in [0.1, 0.15) is 18.8 Å². The molecule has 0 aliphatic carbocycles. The minimum Gasteiger partial charge on any atom is -0.625 e. The van der Waals surface area contributed by atoms with E-state index < -0.39 is 22.0 Å². The van der Waals surface area contributed by atoms with Crippen molar-refractivity contribution in [3.63, 3.8) is 0 Å². The van der Waals surface area contributed by atoms with E-state index in [4.69, 9.17) is 0 Å². The maximum Gasteiger partial charge on any atom is 0.310 e. The highest BCUT2D eigenvalue weighted by Gasteiger charge is 2.28. The largest absolute Gasteiger partial charge is 0.625 e. The molecule has 0 saturated carbocycles. The second-order valence-corrected chi connectivity index (χ2v) is 6.80. The van der Waals surface area contributed by atoms with Crippen LogP contribution in [0.3, 0.4) is 0 Å². The number of amides is 3. The van der Waals surface area contributed by atoms with Crippen LogP contribution in [-0.4, -0.2) is 68.3 Å². The lowest BCUT2D eigenvalue weighted by atomic mass is 10.2. The van der Waals surface area contributed by atoms with E-state index in [1.807, 2.05) is 0 Å². The summed E-state index contributed by atoms with van der Waals surface area (Å²) < 4.78 is -1.28. The summed E-state index contributed by atoms with van der Waals surface area (Å²) in [6, 6.07) is 2.39. The summed E-state index contributed by atoms with van der Waals surface area (Å²) in [5.41, 5.74) is 0.0679. The van der Waals surface area contributed by atoms with Gasteiger partial charge in [-0.2, -0.15) is 0 Å². The van der Waals surface area contributed by atoms with Crippen molar-refractivity contribution >= 4 is 23.4 Å². The summed E-state index contributed by atoms with van der Waals surface area (Å²) in [4.78, 5) is 53.6. The van der Waals surface area contributed by atoms with Gasteiger partial charge in [-0.05, 0) is 0 Å². The van der Waals surface area contributed by atoms with Crippen LogP contribution < -0.4 is 0 Å². The standard InChI is InChI=1S/C17H23N5O6/c1-12(23)19-4-5-20(13(2)24)10-15-8-17(21(26)27)9-16(18-15)11-22(28,7-6-19)14(3)25/h8-9H,4-7,10-11H2,1-3H3. The van der Waals surface area contributed by atoms with E-state index in [1.165, 1.54) is 29.7 Å². The fourth-order valence-electron chi connectivity index (χ4n) is 3.00. The second-order valence-electron chi connectivity index (χ2n) is 6.80. The molecule has 0 radical (unpaired) electrons. The van der Waals surface area contributed by atoms with Gasteiger partial charge in [0.15, 0.2) is 0 Å². The summed E-state index contributed by atoms with van der Waals surface area (Å²) in [5.74, 6) is -1.23. The SMILES string of the molecule is CC(=O)N1CCN(C(C)=O)Cc2cc([N+](=O)[O-])cc(n2)C[N+]([O-])(C(C)=O)CC1. The van der Waals surface area contributed by atoms with Gasteiger partial charge in [0.2, 0.25) is 11.8 Å². The van der Waals surface area contributed by atoms with Crippen molar-refractivity contribution in [1.82, 2.24) is 14.8 Å². The maximum absolute atomic E-state index is 13.1. The number of nitro groups is 1. The molecule has 0 fully saturated rings. The van der Waals surface area contributed by atoms with E-state index in [2.05, 4.69) is 4.98 Å². The molecular weight excluding hydrogens is 370 g/mol. The summed E-state index contributed by atoms with van der Waals surface area (Å²) >= 11 is 0. The molecule has 1 atom stereocenters. The molecule has 1 aliphatic rings. The zero-order chi connectivity index (χ0) is 21.1. The molecule has 1 unspecified atom stereocenters. The number of nitrogens with zero attached hydrogens (tertiary/aromatic N) is 5. The molecule has 3 amide bonds. The molecule has 2 bridgehead atoms. The number of quaternary nitrogens is 1. The van der Waals surface area contributed by atoms with Gasteiger partial charge < -0.3 is 15.0 Å². The highest BCUT2D eigenvalue weighted by atomic mass is 16.6. The van der Waals surface area contributed by atoms with Gasteiger partial charge >= 0.3 is 5.91 Å². The first kappa shape index (κ1) is 21.4. The normalized spacial score (nSPS) is 20.7. The highest BCUT2D eigenvalue weighted by Crippen LogP contribution is 2.21. The van der Waals surface area contributed by atoms with Gasteiger partial charge in [-0.3, -0.25) is 24.3 Å². The predicted octanol–water partition coefficient (Wildman–Crippen LogP) is 0.562. The Balaban J connectivity index is 2.52. The van der Waals surface area contributed by atoms with Crippen LogP contribution in [0, 0.1) is 15.3 Å². The topological polar surface area (TPSA) is 137 Å². The third-order valence-electron chi connectivity index (χ3n) is 4.73. The van der Waals surface area contributed by atoms with E-state index in [-0.39, 0.29) is 61.6 Å². The van der Waals surface area contributed by atoms with Gasteiger partial charge in [0.05, 0.1) is 30.6 Å². The van der Waals surface area contributed by atoms with Crippen LogP contribution >= 0.6 is 0 Å². The zero-order valence-corrected chi connectivity index (χ0v) is 16.1. The molecule has 28 heavy (non-hydrogen) atoms. The molecule has 0 saturated heterocycles. The fraction of sp³-hybridized carbons (Fsp3) is 0.529. The first-order valence-electron chi connectivity index (χ1n) is 8.76. The highest BCUT2D eigenvalue weighted by molar-refractivity contribution is 5.74. The average Bonchev–Trinajstić information content (AvgIpc) is 2.58. The van der Waals surface area contributed by atoms with Crippen molar-refractivity contribution in [1.29, 1.82) is 0 Å². The van der Waals surface area contributed by atoms with E-state index in [9.17, 15) is 29.7 Å². The van der Waals surface area contributed by atoms with Gasteiger partial charge in [-0.25, -0.2) is 9.78 Å². The number of carbonyl (C=O) groups is 3. The number of hydrogen-bond donors (Lipinski definition) is 0. The van der Waals surface area contributed by atoms with Crippen molar-refractivity contribution in [2.24, 2.45) is 0 Å². The lowest BCUT2D eigenvalue weighted by Crippen LogP contribution is -2.51. The molecule has 0 aromatic carbocycles. The fourth-order valence-corrected chi connectivity index (χ4v) is 3.00. The number of pyridine rings is 1. The molecule has 0 N–H and O–H groups in total. The number of carbonyl (C=O) groups excluding carboxylic acids is 3. The van der Waals surface area contributed by atoms with Gasteiger partial charge in [0.25, 0.3) is 5.69 Å². The van der Waals surface area contributed by atoms with Crippen LogP contribution in [0.2, 0.25) is 0 Å². The number of hydroxylamine groups is 3. The van der Waals surface area contributed by atoms with Crippen molar-refractivity contribution in [2.75, 3.05) is 26.2 Å².